The van der Waals surface area contributed by atoms with Crippen LogP contribution in [-0.4, -0.2) is 28.0 Å². The quantitative estimate of drug-likeness (QED) is 0.725. The van der Waals surface area contributed by atoms with Crippen molar-refractivity contribution in [2.24, 2.45) is 0 Å². The zero-order valence-electron chi connectivity index (χ0n) is 15.5. The molecule has 3 aromatic rings. The van der Waals surface area contributed by atoms with E-state index < -0.39 is 0 Å². The van der Waals surface area contributed by atoms with Crippen LogP contribution in [0.1, 0.15) is 31.2 Å². The molecule has 0 unspecified atom stereocenters. The van der Waals surface area contributed by atoms with Gasteiger partial charge in [-0.3, -0.25) is 4.98 Å². The maximum Gasteiger partial charge on any atom is 0.227 e. The Bertz CT molecular complexity index is 843. The highest BCUT2D eigenvalue weighted by atomic mass is 15.3. The molecule has 1 aromatic carbocycles. The molecule has 3 heterocycles. The fourth-order valence-corrected chi connectivity index (χ4v) is 3.39. The number of hydrogen-bond acceptors (Lipinski definition) is 5. The van der Waals surface area contributed by atoms with Crippen molar-refractivity contribution in [3.05, 3.63) is 66.5 Å². The topological polar surface area (TPSA) is 53.9 Å². The summed E-state index contributed by atoms with van der Waals surface area (Å²) in [6.45, 7) is 2.75. The number of benzene rings is 1. The van der Waals surface area contributed by atoms with E-state index in [-0.39, 0.29) is 0 Å². The SMILES string of the molecule is c1ccc(-c2cc(NCc3cccnc3)nc(N3CCCCCC3)n2)cc1. The first kappa shape index (κ1) is 17.5. The molecular formula is C22H25N5. The first-order chi connectivity index (χ1) is 13.4. The van der Waals surface area contributed by atoms with Crippen molar-refractivity contribution in [2.45, 2.75) is 32.2 Å². The first-order valence-electron chi connectivity index (χ1n) is 9.71. The van der Waals surface area contributed by atoms with E-state index in [1.165, 1.54) is 25.7 Å². The van der Waals surface area contributed by atoms with Crippen LogP contribution in [0.4, 0.5) is 11.8 Å². The summed E-state index contributed by atoms with van der Waals surface area (Å²) in [7, 11) is 0. The molecule has 1 aliphatic heterocycles. The van der Waals surface area contributed by atoms with Gasteiger partial charge >= 0.3 is 0 Å². The van der Waals surface area contributed by atoms with Crippen LogP contribution >= 0.6 is 0 Å². The maximum absolute atomic E-state index is 4.89. The van der Waals surface area contributed by atoms with Crippen LogP contribution in [0.5, 0.6) is 0 Å². The molecule has 1 saturated heterocycles. The average molecular weight is 359 g/mol. The Morgan fingerprint density at radius 2 is 1.70 bits per heavy atom. The van der Waals surface area contributed by atoms with Gasteiger partial charge in [-0.15, -0.1) is 0 Å². The molecule has 0 aliphatic carbocycles. The summed E-state index contributed by atoms with van der Waals surface area (Å²) in [6.07, 6.45) is 8.66. The lowest BCUT2D eigenvalue weighted by atomic mass is 10.1. The Morgan fingerprint density at radius 3 is 2.44 bits per heavy atom. The number of anilines is 2. The van der Waals surface area contributed by atoms with Crippen LogP contribution in [0.25, 0.3) is 11.3 Å². The second-order valence-electron chi connectivity index (χ2n) is 6.92. The van der Waals surface area contributed by atoms with Crippen molar-refractivity contribution in [1.82, 2.24) is 15.0 Å². The van der Waals surface area contributed by atoms with Crippen LogP contribution in [0.2, 0.25) is 0 Å². The normalized spacial score (nSPS) is 14.6. The third kappa shape index (κ3) is 4.61. The Kier molecular flexibility index (Phi) is 5.58. The molecule has 0 bridgehead atoms. The Morgan fingerprint density at radius 1 is 0.889 bits per heavy atom. The number of nitrogens with zero attached hydrogens (tertiary/aromatic N) is 4. The highest BCUT2D eigenvalue weighted by Crippen LogP contribution is 2.24. The van der Waals surface area contributed by atoms with Crippen LogP contribution in [0, 0.1) is 0 Å². The first-order valence-corrected chi connectivity index (χ1v) is 9.71. The molecule has 27 heavy (non-hydrogen) atoms. The minimum atomic E-state index is 0.693. The third-order valence-electron chi connectivity index (χ3n) is 4.87. The summed E-state index contributed by atoms with van der Waals surface area (Å²) in [5.41, 5.74) is 3.20. The number of hydrogen-bond donors (Lipinski definition) is 1. The van der Waals surface area contributed by atoms with E-state index in [4.69, 9.17) is 9.97 Å². The molecule has 0 radical (unpaired) electrons. The van der Waals surface area contributed by atoms with Crippen molar-refractivity contribution in [2.75, 3.05) is 23.3 Å². The lowest BCUT2D eigenvalue weighted by Gasteiger charge is -2.21. The van der Waals surface area contributed by atoms with Crippen molar-refractivity contribution >= 4 is 11.8 Å². The lowest BCUT2D eigenvalue weighted by Crippen LogP contribution is -2.26. The maximum atomic E-state index is 4.89. The van der Waals surface area contributed by atoms with E-state index in [2.05, 4.69) is 33.4 Å². The molecule has 0 saturated carbocycles. The fraction of sp³-hybridized carbons (Fsp3) is 0.318. The van der Waals surface area contributed by atoms with Gasteiger partial charge in [0.05, 0.1) is 5.69 Å². The van der Waals surface area contributed by atoms with E-state index in [1.807, 2.05) is 36.5 Å². The summed E-state index contributed by atoms with van der Waals surface area (Å²) in [4.78, 5) is 16.2. The summed E-state index contributed by atoms with van der Waals surface area (Å²) in [5.74, 6) is 1.68. The number of rotatable bonds is 5. The minimum absolute atomic E-state index is 0.693. The molecule has 1 aliphatic rings. The highest BCUT2D eigenvalue weighted by molar-refractivity contribution is 5.64. The number of aromatic nitrogens is 3. The lowest BCUT2D eigenvalue weighted by molar-refractivity contribution is 0.726. The monoisotopic (exact) mass is 359 g/mol. The van der Waals surface area contributed by atoms with Gasteiger partial charge in [-0.2, -0.15) is 4.98 Å². The predicted octanol–water partition coefficient (Wildman–Crippen LogP) is 4.53. The van der Waals surface area contributed by atoms with Gasteiger partial charge in [0, 0.05) is 43.7 Å². The van der Waals surface area contributed by atoms with Gasteiger partial charge < -0.3 is 10.2 Å². The van der Waals surface area contributed by atoms with Crippen LogP contribution in [0.3, 0.4) is 0 Å². The molecule has 0 spiro atoms. The molecule has 0 atom stereocenters. The van der Waals surface area contributed by atoms with Gasteiger partial charge in [0.2, 0.25) is 5.95 Å². The fourth-order valence-electron chi connectivity index (χ4n) is 3.39. The van der Waals surface area contributed by atoms with Gasteiger partial charge in [-0.1, -0.05) is 49.2 Å². The molecule has 2 aromatic heterocycles. The molecule has 4 rings (SSSR count). The summed E-state index contributed by atoms with van der Waals surface area (Å²) < 4.78 is 0. The van der Waals surface area contributed by atoms with Crippen molar-refractivity contribution < 1.29 is 0 Å². The summed E-state index contributed by atoms with van der Waals surface area (Å²) in [6, 6.07) is 16.4. The standard InChI is InChI=1S/C22H25N5/c1-2-7-14-27(13-6-1)22-25-20(19-10-4-3-5-11-19)15-21(26-22)24-17-18-9-8-12-23-16-18/h3-5,8-12,15-16H,1-2,6-7,13-14,17H2,(H,24,25,26). The zero-order valence-corrected chi connectivity index (χ0v) is 15.5. The molecule has 138 valence electrons. The van der Waals surface area contributed by atoms with E-state index in [0.29, 0.717) is 6.54 Å². The smallest absolute Gasteiger partial charge is 0.227 e. The van der Waals surface area contributed by atoms with Crippen LogP contribution in [-0.2, 0) is 6.54 Å². The Hall–Kier alpha value is -2.95. The van der Waals surface area contributed by atoms with Crippen molar-refractivity contribution in [1.29, 1.82) is 0 Å². The van der Waals surface area contributed by atoms with Crippen LogP contribution in [0.15, 0.2) is 60.9 Å². The number of pyridine rings is 1. The molecule has 5 nitrogen and oxygen atoms in total. The van der Waals surface area contributed by atoms with Gasteiger partial charge in [0.15, 0.2) is 0 Å². The second-order valence-corrected chi connectivity index (χ2v) is 6.92. The highest BCUT2D eigenvalue weighted by Gasteiger charge is 2.15. The minimum Gasteiger partial charge on any atom is -0.366 e. The molecular weight excluding hydrogens is 334 g/mol. The molecule has 5 heteroatoms. The Labute approximate surface area is 160 Å². The average Bonchev–Trinajstić information content (AvgIpc) is 3.03. The van der Waals surface area contributed by atoms with Gasteiger partial charge in [-0.25, -0.2) is 4.98 Å². The summed E-state index contributed by atoms with van der Waals surface area (Å²) in [5, 5.41) is 3.45. The van der Waals surface area contributed by atoms with E-state index in [9.17, 15) is 0 Å². The summed E-state index contributed by atoms with van der Waals surface area (Å²) >= 11 is 0. The number of nitrogens with one attached hydrogen (secondary N) is 1. The predicted molar refractivity (Wildman–Crippen MR) is 110 cm³/mol. The largest absolute Gasteiger partial charge is 0.366 e. The van der Waals surface area contributed by atoms with E-state index >= 15 is 0 Å². The molecule has 0 amide bonds. The third-order valence-corrected chi connectivity index (χ3v) is 4.87. The van der Waals surface area contributed by atoms with Gasteiger partial charge in [0.25, 0.3) is 0 Å². The van der Waals surface area contributed by atoms with Gasteiger partial charge in [-0.05, 0) is 24.5 Å². The molecule has 1 fully saturated rings. The van der Waals surface area contributed by atoms with Gasteiger partial charge in [0.1, 0.15) is 5.82 Å². The second kappa shape index (κ2) is 8.62. The van der Waals surface area contributed by atoms with Crippen LogP contribution < -0.4 is 10.2 Å². The van der Waals surface area contributed by atoms with Crippen molar-refractivity contribution in [3.63, 3.8) is 0 Å². The molecule has 1 N–H and O–H groups in total. The zero-order chi connectivity index (χ0) is 18.3. The Balaban J connectivity index is 1.63. The van der Waals surface area contributed by atoms with E-state index in [1.54, 1.807) is 6.20 Å². The van der Waals surface area contributed by atoms with Crippen molar-refractivity contribution in [3.8, 4) is 11.3 Å². The van der Waals surface area contributed by atoms with E-state index in [0.717, 1.165) is 41.7 Å².